The molecule has 2 aliphatic heterocycles. The number of nitrogens with zero attached hydrogens (tertiary/aromatic N) is 2. The van der Waals surface area contributed by atoms with E-state index >= 15 is 0 Å². The molecule has 2 aromatic carbocycles. The lowest BCUT2D eigenvalue weighted by atomic mass is 10.1. The molecule has 0 aliphatic carbocycles. The highest BCUT2D eigenvalue weighted by molar-refractivity contribution is 6.53. The Kier molecular flexibility index (Phi) is 8.02. The average Bonchev–Trinajstić information content (AvgIpc) is 3.12. The minimum Gasteiger partial charge on any atom is -0.462 e. The summed E-state index contributed by atoms with van der Waals surface area (Å²) in [5.41, 5.74) is 1.16. The number of hydrogen-bond donors (Lipinski definition) is 1. The summed E-state index contributed by atoms with van der Waals surface area (Å²) in [5, 5.41) is 2.60. The van der Waals surface area contributed by atoms with Crippen molar-refractivity contribution >= 4 is 46.7 Å². The summed E-state index contributed by atoms with van der Waals surface area (Å²) in [4.78, 5) is 53.8. The Hall–Kier alpha value is -3.69. The van der Waals surface area contributed by atoms with E-state index in [1.165, 1.54) is 12.1 Å². The lowest BCUT2D eigenvalue weighted by molar-refractivity contribution is -0.120. The van der Waals surface area contributed by atoms with Gasteiger partial charge in [0.2, 0.25) is 0 Å². The summed E-state index contributed by atoms with van der Waals surface area (Å²) in [6, 6.07) is 12.7. The molecule has 36 heavy (non-hydrogen) atoms. The van der Waals surface area contributed by atoms with E-state index in [9.17, 15) is 19.2 Å². The minimum atomic E-state index is -0.721. The van der Waals surface area contributed by atoms with Crippen molar-refractivity contribution in [2.45, 2.75) is 19.8 Å². The largest absolute Gasteiger partial charge is 0.462 e. The third kappa shape index (κ3) is 5.42. The first-order valence-electron chi connectivity index (χ1n) is 11.7. The molecule has 2 heterocycles. The molecule has 0 bridgehead atoms. The molecule has 188 valence electrons. The number of anilines is 2. The molecule has 2 aromatic rings. The molecule has 0 spiro atoms. The van der Waals surface area contributed by atoms with Gasteiger partial charge in [-0.1, -0.05) is 37.1 Å². The highest BCUT2D eigenvalue weighted by Gasteiger charge is 2.39. The molecule has 0 radical (unpaired) electrons. The van der Waals surface area contributed by atoms with E-state index in [1.54, 1.807) is 41.3 Å². The number of carbonyl (C=O) groups is 4. The number of carbonyl (C=O) groups excluding carboxylic acids is 4. The van der Waals surface area contributed by atoms with E-state index in [-0.39, 0.29) is 34.5 Å². The van der Waals surface area contributed by atoms with Gasteiger partial charge in [-0.2, -0.15) is 0 Å². The molecule has 4 rings (SSSR count). The summed E-state index contributed by atoms with van der Waals surface area (Å²) in [7, 11) is 0. The van der Waals surface area contributed by atoms with Crippen LogP contribution in [0, 0.1) is 0 Å². The number of ether oxygens (including phenoxy) is 2. The van der Waals surface area contributed by atoms with Crippen LogP contribution in [0.2, 0.25) is 0 Å². The highest BCUT2D eigenvalue weighted by atomic mass is 35.5. The Bertz CT molecular complexity index is 1220. The zero-order valence-corrected chi connectivity index (χ0v) is 20.5. The topological polar surface area (TPSA) is 105 Å². The molecule has 3 amide bonds. The maximum atomic E-state index is 13.2. The molecule has 1 saturated heterocycles. The number of nitrogens with one attached hydrogen (secondary N) is 1. The Labute approximate surface area is 213 Å². The van der Waals surface area contributed by atoms with Crippen LogP contribution in [0.3, 0.4) is 0 Å². The second kappa shape index (κ2) is 11.4. The quantitative estimate of drug-likeness (QED) is 0.328. The Balaban J connectivity index is 1.51. The fourth-order valence-electron chi connectivity index (χ4n) is 3.83. The molecule has 0 aromatic heterocycles. The van der Waals surface area contributed by atoms with Gasteiger partial charge >= 0.3 is 5.97 Å². The maximum Gasteiger partial charge on any atom is 0.338 e. The molecule has 0 unspecified atom stereocenters. The number of hydrogen-bond acceptors (Lipinski definition) is 7. The fourth-order valence-corrected chi connectivity index (χ4v) is 4.05. The summed E-state index contributed by atoms with van der Waals surface area (Å²) in [6.45, 7) is 4.24. The van der Waals surface area contributed by atoms with Crippen LogP contribution in [0.1, 0.15) is 40.5 Å². The van der Waals surface area contributed by atoms with Gasteiger partial charge in [-0.25, -0.2) is 9.69 Å². The maximum absolute atomic E-state index is 13.2. The average molecular weight is 512 g/mol. The highest BCUT2D eigenvalue weighted by Crippen LogP contribution is 2.31. The van der Waals surface area contributed by atoms with E-state index in [4.69, 9.17) is 21.1 Å². The van der Waals surface area contributed by atoms with Gasteiger partial charge in [0.05, 0.1) is 31.1 Å². The van der Waals surface area contributed by atoms with Crippen molar-refractivity contribution in [1.82, 2.24) is 4.90 Å². The number of rotatable bonds is 8. The molecule has 0 atom stereocenters. The van der Waals surface area contributed by atoms with Crippen LogP contribution < -0.4 is 10.2 Å². The summed E-state index contributed by atoms with van der Waals surface area (Å²) in [5.74, 6) is -2.09. The number of morpholine rings is 1. The monoisotopic (exact) mass is 511 g/mol. The van der Waals surface area contributed by atoms with Gasteiger partial charge in [0.1, 0.15) is 10.7 Å². The summed E-state index contributed by atoms with van der Waals surface area (Å²) in [6.07, 6.45) is 1.62. The zero-order valence-electron chi connectivity index (χ0n) is 19.8. The van der Waals surface area contributed by atoms with E-state index in [0.717, 1.165) is 17.7 Å². The Morgan fingerprint density at radius 3 is 2.50 bits per heavy atom. The van der Waals surface area contributed by atoms with Crippen molar-refractivity contribution < 1.29 is 28.7 Å². The van der Waals surface area contributed by atoms with Crippen molar-refractivity contribution in [2.24, 2.45) is 0 Å². The molecule has 2 aliphatic rings. The van der Waals surface area contributed by atoms with Gasteiger partial charge in [0, 0.05) is 24.3 Å². The third-order valence-corrected chi connectivity index (χ3v) is 6.13. The van der Waals surface area contributed by atoms with E-state index in [1.807, 2.05) is 6.92 Å². The number of amides is 3. The molecular formula is C26H26ClN3O6. The zero-order chi connectivity index (χ0) is 25.7. The number of unbranched alkanes of at least 4 members (excludes halogenated alkanes) is 1. The fraction of sp³-hybridized carbons (Fsp3) is 0.308. The number of halogens is 1. The Morgan fingerprint density at radius 1 is 1.03 bits per heavy atom. The molecule has 1 fully saturated rings. The van der Waals surface area contributed by atoms with Crippen LogP contribution in [-0.4, -0.2) is 61.5 Å². The normalized spacial score (nSPS) is 15.9. The second-order valence-electron chi connectivity index (χ2n) is 8.28. The van der Waals surface area contributed by atoms with Crippen LogP contribution in [0.5, 0.6) is 0 Å². The van der Waals surface area contributed by atoms with Crippen LogP contribution in [0.4, 0.5) is 11.4 Å². The van der Waals surface area contributed by atoms with Crippen LogP contribution in [-0.2, 0) is 19.1 Å². The van der Waals surface area contributed by atoms with E-state index in [0.29, 0.717) is 37.6 Å². The van der Waals surface area contributed by atoms with Crippen LogP contribution in [0.15, 0.2) is 59.3 Å². The molecule has 1 N–H and O–H groups in total. The predicted molar refractivity (Wildman–Crippen MR) is 134 cm³/mol. The smallest absolute Gasteiger partial charge is 0.338 e. The summed E-state index contributed by atoms with van der Waals surface area (Å²) < 4.78 is 10.5. The van der Waals surface area contributed by atoms with Crippen molar-refractivity contribution in [1.29, 1.82) is 0 Å². The van der Waals surface area contributed by atoms with E-state index in [2.05, 4.69) is 5.32 Å². The minimum absolute atomic E-state index is 0.117. The first-order chi connectivity index (χ1) is 17.4. The van der Waals surface area contributed by atoms with Gasteiger partial charge in [0.25, 0.3) is 17.7 Å². The lowest BCUT2D eigenvalue weighted by Gasteiger charge is -2.27. The van der Waals surface area contributed by atoms with Gasteiger partial charge in [-0.05, 0) is 42.8 Å². The SMILES string of the molecule is CCCCOC(=O)c1cccc(N2C(=O)C(Cl)=C(Nc3cccc(C(=O)N4CCOCC4)c3)C2=O)c1. The van der Waals surface area contributed by atoms with Crippen molar-refractivity contribution in [3.63, 3.8) is 0 Å². The van der Waals surface area contributed by atoms with Gasteiger partial charge < -0.3 is 19.7 Å². The number of imide groups is 1. The second-order valence-corrected chi connectivity index (χ2v) is 8.66. The van der Waals surface area contributed by atoms with Crippen LogP contribution in [0.25, 0.3) is 0 Å². The van der Waals surface area contributed by atoms with Crippen LogP contribution >= 0.6 is 11.6 Å². The van der Waals surface area contributed by atoms with Crippen molar-refractivity contribution in [2.75, 3.05) is 43.1 Å². The summed E-state index contributed by atoms with van der Waals surface area (Å²) >= 11 is 6.25. The first-order valence-corrected chi connectivity index (χ1v) is 12.1. The van der Waals surface area contributed by atoms with Crippen molar-refractivity contribution in [3.8, 4) is 0 Å². The van der Waals surface area contributed by atoms with E-state index < -0.39 is 17.8 Å². The first kappa shape index (κ1) is 25.4. The number of benzene rings is 2. The molecular weight excluding hydrogens is 486 g/mol. The third-order valence-electron chi connectivity index (χ3n) is 5.78. The lowest BCUT2D eigenvalue weighted by Crippen LogP contribution is -2.40. The number of esters is 1. The van der Waals surface area contributed by atoms with Gasteiger partial charge in [-0.3, -0.25) is 14.4 Å². The standard InChI is InChI=1S/C26H26ClN3O6/c1-2-3-12-36-26(34)18-7-5-9-20(16-18)30-24(32)21(27)22(25(30)33)28-19-8-4-6-17(15-19)23(31)29-10-13-35-14-11-29/h4-9,15-16,28H,2-3,10-14H2,1H3. The Morgan fingerprint density at radius 2 is 1.75 bits per heavy atom. The molecule has 10 heteroatoms. The predicted octanol–water partition coefficient (Wildman–Crippen LogP) is 3.55. The molecule has 9 nitrogen and oxygen atoms in total. The van der Waals surface area contributed by atoms with Gasteiger partial charge in [0.15, 0.2) is 0 Å². The molecule has 0 saturated carbocycles. The van der Waals surface area contributed by atoms with Gasteiger partial charge in [-0.15, -0.1) is 0 Å². The van der Waals surface area contributed by atoms with Crippen molar-refractivity contribution in [3.05, 3.63) is 70.4 Å².